The fourth-order valence-corrected chi connectivity index (χ4v) is 4.50. The number of phenols is 2. The van der Waals surface area contributed by atoms with Crippen molar-refractivity contribution in [3.8, 4) is 11.5 Å². The van der Waals surface area contributed by atoms with E-state index >= 15 is 0 Å². The number of esters is 2. The Kier molecular flexibility index (Phi) is 8.55. The summed E-state index contributed by atoms with van der Waals surface area (Å²) in [5.74, 6) is -3.13. The van der Waals surface area contributed by atoms with Crippen molar-refractivity contribution in [1.82, 2.24) is 0 Å². The minimum absolute atomic E-state index is 0.0270. The largest absolute Gasteiger partial charge is 0.504 e. The summed E-state index contributed by atoms with van der Waals surface area (Å²) in [6.07, 6.45) is -7.44. The maximum atomic E-state index is 12.9. The van der Waals surface area contributed by atoms with Gasteiger partial charge in [0.25, 0.3) is 0 Å². The molecule has 0 amide bonds. The second kappa shape index (κ2) is 11.7. The van der Waals surface area contributed by atoms with E-state index in [4.69, 9.17) is 28.4 Å². The van der Waals surface area contributed by atoms with Crippen molar-refractivity contribution in [2.24, 2.45) is 5.92 Å². The number of carbonyl (C=O) groups excluding carboxylic acids is 2. The van der Waals surface area contributed by atoms with E-state index in [0.717, 1.165) is 6.26 Å². The molecule has 13 heteroatoms. The molecule has 0 aromatic heterocycles. The van der Waals surface area contributed by atoms with Gasteiger partial charge in [-0.05, 0) is 24.6 Å². The number of ether oxygens (including phenoxy) is 6. The van der Waals surface area contributed by atoms with E-state index in [-0.39, 0.29) is 31.0 Å². The predicted octanol–water partition coefficient (Wildman–Crippen LogP) is -0.0977. The maximum absolute atomic E-state index is 12.9. The SMILES string of the molecule is C/C=C1\C2CC(=O)OC[C@@H](c3ccc(O)c(O)c3)OC[C@H]3O[C@@H](O[C@@H]1OC=C2C(=O)OC)[C@H](O)[C@@H](O)[C@@H]3O. The van der Waals surface area contributed by atoms with E-state index in [0.29, 0.717) is 11.1 Å². The second-order valence-electron chi connectivity index (χ2n) is 8.98. The van der Waals surface area contributed by atoms with Crippen LogP contribution in [0.1, 0.15) is 25.0 Å². The number of hydrogen-bond donors (Lipinski definition) is 5. The van der Waals surface area contributed by atoms with Crippen molar-refractivity contribution < 1.29 is 63.5 Å². The summed E-state index contributed by atoms with van der Waals surface area (Å²) in [4.78, 5) is 25.3. The van der Waals surface area contributed by atoms with E-state index in [9.17, 15) is 35.1 Å². The lowest BCUT2D eigenvalue weighted by molar-refractivity contribution is -0.330. The number of carbonyl (C=O) groups is 2. The highest BCUT2D eigenvalue weighted by Gasteiger charge is 2.47. The molecule has 1 aromatic rings. The fraction of sp³-hybridized carbons (Fsp3) is 0.520. The van der Waals surface area contributed by atoms with Crippen LogP contribution >= 0.6 is 0 Å². The van der Waals surface area contributed by atoms with E-state index in [1.807, 2.05) is 0 Å². The van der Waals surface area contributed by atoms with Gasteiger partial charge in [-0.25, -0.2) is 4.79 Å². The molecule has 38 heavy (non-hydrogen) atoms. The summed E-state index contributed by atoms with van der Waals surface area (Å²) < 4.78 is 33.2. The van der Waals surface area contributed by atoms with Gasteiger partial charge in [-0.15, -0.1) is 0 Å². The quantitative estimate of drug-likeness (QED) is 0.191. The molecular weight excluding hydrogens is 508 g/mol. The molecule has 3 aliphatic heterocycles. The molecule has 3 aliphatic rings. The van der Waals surface area contributed by atoms with Crippen molar-refractivity contribution >= 4 is 11.9 Å². The van der Waals surface area contributed by atoms with Crippen LogP contribution < -0.4 is 0 Å². The number of phenolic OH excluding ortho intramolecular Hbond substituents is 2. The van der Waals surface area contributed by atoms with Crippen LogP contribution in [0.5, 0.6) is 11.5 Å². The van der Waals surface area contributed by atoms with Crippen LogP contribution in [-0.2, 0) is 38.0 Å². The van der Waals surface area contributed by atoms with Crippen LogP contribution in [0.4, 0.5) is 0 Å². The average Bonchev–Trinajstić information content (AvgIpc) is 2.90. The highest BCUT2D eigenvalue weighted by Crippen LogP contribution is 2.37. The van der Waals surface area contributed by atoms with Gasteiger partial charge in [-0.2, -0.15) is 0 Å². The van der Waals surface area contributed by atoms with Gasteiger partial charge in [-0.3, -0.25) is 4.79 Å². The molecule has 0 radical (unpaired) electrons. The fourth-order valence-electron chi connectivity index (χ4n) is 4.50. The molecule has 1 aromatic carbocycles. The summed E-state index contributed by atoms with van der Waals surface area (Å²) in [7, 11) is 1.18. The first-order valence-corrected chi connectivity index (χ1v) is 11.9. The molecule has 0 spiro atoms. The Morgan fingerprint density at radius 2 is 1.82 bits per heavy atom. The molecule has 4 bridgehead atoms. The lowest BCUT2D eigenvalue weighted by Crippen LogP contribution is -2.60. The molecule has 13 nitrogen and oxygen atoms in total. The third-order valence-electron chi connectivity index (χ3n) is 6.65. The Morgan fingerprint density at radius 1 is 1.05 bits per heavy atom. The van der Waals surface area contributed by atoms with E-state index in [1.165, 1.54) is 25.3 Å². The van der Waals surface area contributed by atoms with Crippen molar-refractivity contribution in [1.29, 1.82) is 0 Å². The first kappa shape index (κ1) is 27.8. The molecule has 3 heterocycles. The zero-order valence-electron chi connectivity index (χ0n) is 20.6. The first-order valence-electron chi connectivity index (χ1n) is 11.9. The summed E-state index contributed by atoms with van der Waals surface area (Å²) in [6, 6.07) is 3.89. The summed E-state index contributed by atoms with van der Waals surface area (Å²) in [5.41, 5.74) is 0.694. The normalized spacial score (nSPS) is 35.3. The van der Waals surface area contributed by atoms with Gasteiger partial charge in [0.1, 0.15) is 37.1 Å². The van der Waals surface area contributed by atoms with Gasteiger partial charge < -0.3 is 54.0 Å². The first-order chi connectivity index (χ1) is 18.1. The van der Waals surface area contributed by atoms with Crippen molar-refractivity contribution in [2.45, 2.75) is 56.4 Å². The number of hydrogen-bond acceptors (Lipinski definition) is 13. The van der Waals surface area contributed by atoms with Crippen molar-refractivity contribution in [3.63, 3.8) is 0 Å². The molecule has 2 fully saturated rings. The minimum Gasteiger partial charge on any atom is -0.504 e. The number of aliphatic hydroxyl groups is 3. The van der Waals surface area contributed by atoms with Crippen LogP contribution in [0.2, 0.25) is 0 Å². The topological polar surface area (TPSA) is 191 Å². The second-order valence-corrected chi connectivity index (χ2v) is 8.98. The van der Waals surface area contributed by atoms with Crippen LogP contribution in [0.3, 0.4) is 0 Å². The highest BCUT2D eigenvalue weighted by molar-refractivity contribution is 5.90. The smallest absolute Gasteiger partial charge is 0.337 e. The molecule has 8 atom stereocenters. The number of fused-ring (bicyclic) bond motifs is 4. The van der Waals surface area contributed by atoms with Crippen LogP contribution in [0.15, 0.2) is 41.7 Å². The number of methoxy groups -OCH3 is 1. The molecular formula is C25H30O13. The average molecular weight is 539 g/mol. The van der Waals surface area contributed by atoms with Gasteiger partial charge in [-0.1, -0.05) is 12.1 Å². The predicted molar refractivity (Wildman–Crippen MR) is 124 cm³/mol. The Balaban J connectivity index is 1.70. The zero-order chi connectivity index (χ0) is 27.6. The van der Waals surface area contributed by atoms with E-state index in [2.05, 4.69) is 0 Å². The summed E-state index contributed by atoms with van der Waals surface area (Å²) in [6.45, 7) is 0.954. The van der Waals surface area contributed by atoms with Crippen LogP contribution in [-0.4, -0.2) is 94.8 Å². The van der Waals surface area contributed by atoms with Crippen molar-refractivity contribution in [3.05, 3.63) is 47.2 Å². The van der Waals surface area contributed by atoms with Crippen molar-refractivity contribution in [2.75, 3.05) is 20.3 Å². The third-order valence-corrected chi connectivity index (χ3v) is 6.65. The van der Waals surface area contributed by atoms with Gasteiger partial charge in [0.2, 0.25) is 6.29 Å². The Bertz CT molecular complexity index is 1100. The summed E-state index contributed by atoms with van der Waals surface area (Å²) >= 11 is 0. The standard InChI is InChI=1S/C25H30O13/c1-3-12-13-7-19(28)35-9-17(11-4-5-15(26)16(27)6-11)34-10-18-20(29)21(30)22(31)25(37-18)38-24(12)36-8-14(13)23(32)33-2/h3-6,8,13,17-18,20-22,24-27,29-31H,7,9-10H2,1-2H3/b12-3+/t13?,17-,18+,20+,21-,22+,24-,25-/m0/s1. The van der Waals surface area contributed by atoms with E-state index < -0.39 is 66.7 Å². The summed E-state index contributed by atoms with van der Waals surface area (Å²) in [5, 5.41) is 51.1. The van der Waals surface area contributed by atoms with E-state index in [1.54, 1.807) is 13.0 Å². The third kappa shape index (κ3) is 5.62. The van der Waals surface area contributed by atoms with Gasteiger partial charge in [0.05, 0.1) is 32.0 Å². The zero-order valence-corrected chi connectivity index (χ0v) is 20.6. The molecule has 2 saturated heterocycles. The number of rotatable bonds is 2. The number of cyclic esters (lactones) is 1. The highest BCUT2D eigenvalue weighted by atomic mass is 16.8. The van der Waals surface area contributed by atoms with Crippen LogP contribution in [0.25, 0.3) is 0 Å². The lowest BCUT2D eigenvalue weighted by atomic mass is 9.86. The van der Waals surface area contributed by atoms with Crippen LogP contribution in [0, 0.1) is 5.92 Å². The molecule has 5 N–H and O–H groups in total. The number of benzene rings is 1. The Labute approximate surface area is 217 Å². The lowest BCUT2D eigenvalue weighted by Gasteiger charge is -2.42. The molecule has 0 saturated carbocycles. The molecule has 4 rings (SSSR count). The van der Waals surface area contributed by atoms with Gasteiger partial charge >= 0.3 is 11.9 Å². The number of aromatic hydroxyl groups is 2. The Morgan fingerprint density at radius 3 is 2.50 bits per heavy atom. The molecule has 208 valence electrons. The number of allylic oxidation sites excluding steroid dienone is 1. The minimum atomic E-state index is -1.67. The van der Waals surface area contributed by atoms with Gasteiger partial charge in [0, 0.05) is 11.5 Å². The molecule has 1 unspecified atom stereocenters. The Hall–Kier alpha value is -3.20. The van der Waals surface area contributed by atoms with Gasteiger partial charge in [0.15, 0.2) is 17.8 Å². The maximum Gasteiger partial charge on any atom is 0.337 e. The molecule has 0 aliphatic carbocycles. The number of aliphatic hydroxyl groups excluding tert-OH is 3. The monoisotopic (exact) mass is 538 g/mol.